The molecule has 0 aromatic carbocycles. The van der Waals surface area contributed by atoms with Crippen LogP contribution in [0.4, 0.5) is 5.00 Å². The van der Waals surface area contributed by atoms with E-state index in [0.29, 0.717) is 10.9 Å². The summed E-state index contributed by atoms with van der Waals surface area (Å²) in [5.74, 6) is -0.843. The second-order valence-corrected chi connectivity index (χ2v) is 4.59. The highest BCUT2D eigenvalue weighted by Gasteiger charge is 2.14. The van der Waals surface area contributed by atoms with Gasteiger partial charge in [-0.15, -0.1) is 11.3 Å². The predicted molar refractivity (Wildman–Crippen MR) is 64.1 cm³/mol. The molecule has 0 saturated carbocycles. The Balaban J connectivity index is 2.81. The number of hydrogen-bond donors (Lipinski definition) is 1. The molecule has 0 unspecified atom stereocenters. The molecule has 84 valence electrons. The fourth-order valence-corrected chi connectivity index (χ4v) is 2.53. The molecule has 0 atom stereocenters. The van der Waals surface area contributed by atoms with Crippen LogP contribution in [0.3, 0.4) is 0 Å². The van der Waals surface area contributed by atoms with Crippen LogP contribution < -0.4 is 4.90 Å². The van der Waals surface area contributed by atoms with E-state index in [2.05, 4.69) is 18.7 Å². The molecule has 1 aromatic heterocycles. The first-order valence-corrected chi connectivity index (χ1v) is 5.97. The zero-order valence-corrected chi connectivity index (χ0v) is 10.2. The quantitative estimate of drug-likeness (QED) is 0.840. The molecule has 0 radical (unpaired) electrons. The van der Waals surface area contributed by atoms with Gasteiger partial charge < -0.3 is 10.0 Å². The largest absolute Gasteiger partial charge is 0.477 e. The zero-order valence-electron chi connectivity index (χ0n) is 9.36. The Hall–Kier alpha value is -1.03. The summed E-state index contributed by atoms with van der Waals surface area (Å²) in [7, 11) is 2.02. The van der Waals surface area contributed by atoms with Crippen LogP contribution >= 0.6 is 11.3 Å². The van der Waals surface area contributed by atoms with Crippen molar-refractivity contribution in [1.82, 2.24) is 0 Å². The second-order valence-electron chi connectivity index (χ2n) is 3.52. The molecule has 1 N–H and O–H groups in total. The lowest BCUT2D eigenvalue weighted by Gasteiger charge is -2.26. The SMILES string of the molecule is CCC(CC)N(C)c1ccc(C(=O)O)s1. The van der Waals surface area contributed by atoms with E-state index in [9.17, 15) is 4.79 Å². The van der Waals surface area contributed by atoms with E-state index in [1.165, 1.54) is 11.3 Å². The van der Waals surface area contributed by atoms with Crippen LogP contribution in [-0.4, -0.2) is 24.2 Å². The molecule has 0 aliphatic carbocycles. The topological polar surface area (TPSA) is 40.5 Å². The monoisotopic (exact) mass is 227 g/mol. The summed E-state index contributed by atoms with van der Waals surface area (Å²) in [6.07, 6.45) is 2.15. The van der Waals surface area contributed by atoms with Crippen LogP contribution in [0.25, 0.3) is 0 Å². The molecule has 0 aliphatic rings. The van der Waals surface area contributed by atoms with Crippen molar-refractivity contribution in [2.45, 2.75) is 32.7 Å². The van der Waals surface area contributed by atoms with Gasteiger partial charge in [-0.25, -0.2) is 4.79 Å². The zero-order chi connectivity index (χ0) is 11.4. The van der Waals surface area contributed by atoms with Crippen molar-refractivity contribution in [2.75, 3.05) is 11.9 Å². The van der Waals surface area contributed by atoms with Gasteiger partial charge in [0.25, 0.3) is 0 Å². The maximum Gasteiger partial charge on any atom is 0.345 e. The third kappa shape index (κ3) is 2.72. The molecule has 0 saturated heterocycles. The number of anilines is 1. The molecule has 3 nitrogen and oxygen atoms in total. The van der Waals surface area contributed by atoms with Gasteiger partial charge in [0, 0.05) is 13.1 Å². The van der Waals surface area contributed by atoms with Crippen molar-refractivity contribution in [1.29, 1.82) is 0 Å². The number of rotatable bonds is 5. The summed E-state index contributed by atoms with van der Waals surface area (Å²) in [6, 6.07) is 4.04. The van der Waals surface area contributed by atoms with Gasteiger partial charge in [-0.3, -0.25) is 0 Å². The minimum absolute atomic E-state index is 0.405. The number of carboxylic acid groups (broad SMARTS) is 1. The number of nitrogens with zero attached hydrogens (tertiary/aromatic N) is 1. The number of carboxylic acids is 1. The number of carbonyl (C=O) groups is 1. The smallest absolute Gasteiger partial charge is 0.345 e. The Kier molecular flexibility index (Phi) is 4.15. The molecular weight excluding hydrogens is 210 g/mol. The van der Waals surface area contributed by atoms with E-state index >= 15 is 0 Å². The summed E-state index contributed by atoms with van der Waals surface area (Å²) < 4.78 is 0. The third-order valence-corrected chi connectivity index (χ3v) is 3.80. The normalized spacial score (nSPS) is 10.7. The lowest BCUT2D eigenvalue weighted by molar-refractivity contribution is 0.0702. The molecule has 0 spiro atoms. The van der Waals surface area contributed by atoms with Crippen LogP contribution in [0, 0.1) is 0 Å². The first-order valence-electron chi connectivity index (χ1n) is 5.16. The van der Waals surface area contributed by atoms with Crippen LogP contribution in [0.5, 0.6) is 0 Å². The van der Waals surface area contributed by atoms with Gasteiger partial charge in [0.1, 0.15) is 4.88 Å². The predicted octanol–water partition coefficient (Wildman–Crippen LogP) is 3.07. The summed E-state index contributed by atoms with van der Waals surface area (Å²) in [4.78, 5) is 13.3. The molecule has 1 aromatic rings. The maximum atomic E-state index is 10.7. The maximum absolute atomic E-state index is 10.7. The minimum Gasteiger partial charge on any atom is -0.477 e. The fourth-order valence-electron chi connectivity index (χ4n) is 1.65. The molecular formula is C11H17NO2S. The van der Waals surface area contributed by atoms with Gasteiger partial charge in [0.2, 0.25) is 0 Å². The standard InChI is InChI=1S/C11H17NO2S/c1-4-8(5-2)12(3)10-7-6-9(15-10)11(13)14/h6-8H,4-5H2,1-3H3,(H,13,14). The van der Waals surface area contributed by atoms with Crippen molar-refractivity contribution in [3.8, 4) is 0 Å². The minimum atomic E-state index is -0.843. The molecule has 1 rings (SSSR count). The van der Waals surface area contributed by atoms with Crippen molar-refractivity contribution < 1.29 is 9.90 Å². The highest BCUT2D eigenvalue weighted by Crippen LogP contribution is 2.27. The summed E-state index contributed by atoms with van der Waals surface area (Å²) >= 11 is 1.33. The van der Waals surface area contributed by atoms with Gasteiger partial charge in [0.15, 0.2) is 0 Å². The van der Waals surface area contributed by atoms with Crippen molar-refractivity contribution in [2.24, 2.45) is 0 Å². The molecule has 0 bridgehead atoms. The first-order chi connectivity index (χ1) is 7.10. The molecule has 0 fully saturated rings. The first kappa shape index (κ1) is 12.0. The van der Waals surface area contributed by atoms with E-state index in [1.807, 2.05) is 13.1 Å². The molecule has 1 heterocycles. The number of thiophene rings is 1. The van der Waals surface area contributed by atoms with Crippen LogP contribution in [-0.2, 0) is 0 Å². The van der Waals surface area contributed by atoms with Crippen LogP contribution in [0.15, 0.2) is 12.1 Å². The average molecular weight is 227 g/mol. The summed E-state index contributed by atoms with van der Waals surface area (Å²) in [5.41, 5.74) is 0. The van der Waals surface area contributed by atoms with E-state index < -0.39 is 5.97 Å². The lowest BCUT2D eigenvalue weighted by atomic mass is 10.1. The van der Waals surface area contributed by atoms with Crippen molar-refractivity contribution in [3.63, 3.8) is 0 Å². The van der Waals surface area contributed by atoms with Crippen molar-refractivity contribution >= 4 is 22.3 Å². The Morgan fingerprint density at radius 1 is 1.47 bits per heavy atom. The van der Waals surface area contributed by atoms with E-state index in [0.717, 1.165) is 17.8 Å². The van der Waals surface area contributed by atoms with Gasteiger partial charge in [-0.2, -0.15) is 0 Å². The molecule has 0 amide bonds. The van der Waals surface area contributed by atoms with E-state index in [1.54, 1.807) is 6.07 Å². The highest BCUT2D eigenvalue weighted by atomic mass is 32.1. The number of hydrogen-bond acceptors (Lipinski definition) is 3. The Bertz CT molecular complexity index is 331. The molecule has 15 heavy (non-hydrogen) atoms. The lowest BCUT2D eigenvalue weighted by Crippen LogP contribution is -2.29. The molecule has 0 aliphatic heterocycles. The summed E-state index contributed by atoms with van der Waals surface area (Å²) in [6.45, 7) is 4.30. The van der Waals surface area contributed by atoms with Crippen LogP contribution in [0.2, 0.25) is 0 Å². The molecule has 4 heteroatoms. The van der Waals surface area contributed by atoms with E-state index in [-0.39, 0.29) is 0 Å². The van der Waals surface area contributed by atoms with Gasteiger partial charge in [-0.05, 0) is 25.0 Å². The van der Waals surface area contributed by atoms with Crippen molar-refractivity contribution in [3.05, 3.63) is 17.0 Å². The van der Waals surface area contributed by atoms with Gasteiger partial charge in [-0.1, -0.05) is 13.8 Å². The van der Waals surface area contributed by atoms with Gasteiger partial charge in [0.05, 0.1) is 5.00 Å². The average Bonchev–Trinajstić information content (AvgIpc) is 2.68. The third-order valence-electron chi connectivity index (χ3n) is 2.64. The second kappa shape index (κ2) is 5.16. The Morgan fingerprint density at radius 2 is 2.07 bits per heavy atom. The Labute approximate surface area is 94.3 Å². The van der Waals surface area contributed by atoms with Gasteiger partial charge >= 0.3 is 5.97 Å². The number of aromatic carboxylic acids is 1. The Morgan fingerprint density at radius 3 is 2.47 bits per heavy atom. The highest BCUT2D eigenvalue weighted by molar-refractivity contribution is 7.17. The van der Waals surface area contributed by atoms with E-state index in [4.69, 9.17) is 5.11 Å². The van der Waals surface area contributed by atoms with Crippen LogP contribution in [0.1, 0.15) is 36.4 Å². The summed E-state index contributed by atoms with van der Waals surface area (Å²) in [5, 5.41) is 9.85. The fraction of sp³-hybridized carbons (Fsp3) is 0.545.